The minimum Gasteiger partial charge on any atom is -0.353 e. The average molecular weight is 470 g/mol. The monoisotopic (exact) mass is 469 g/mol. The van der Waals surface area contributed by atoms with Crippen molar-refractivity contribution in [3.8, 4) is 10.6 Å². The standard InChI is InChI=1S/C25H35N5O2S/c1-16-20(33-22(27-16)17-8-6-10-26-14-17)23(32)30-11-7-9-18(15-30)21(31)28-19-12-24(2,3)29-25(4,5)13-19/h6,8,10,14,18-19,29H,7,9,11-13,15H2,1-5H3,(H,28,31). The van der Waals surface area contributed by atoms with Crippen LogP contribution >= 0.6 is 11.3 Å². The molecule has 0 radical (unpaired) electrons. The van der Waals surface area contributed by atoms with Gasteiger partial charge in [-0.05, 0) is 72.4 Å². The van der Waals surface area contributed by atoms with Crippen molar-refractivity contribution in [2.75, 3.05) is 13.1 Å². The van der Waals surface area contributed by atoms with Gasteiger partial charge in [-0.3, -0.25) is 14.6 Å². The molecule has 2 aromatic heterocycles. The van der Waals surface area contributed by atoms with Gasteiger partial charge in [-0.2, -0.15) is 0 Å². The molecule has 33 heavy (non-hydrogen) atoms. The Morgan fingerprint density at radius 1 is 1.21 bits per heavy atom. The molecule has 0 saturated carbocycles. The van der Waals surface area contributed by atoms with E-state index in [9.17, 15) is 9.59 Å². The molecule has 8 heteroatoms. The number of piperidine rings is 2. The number of hydrogen-bond acceptors (Lipinski definition) is 6. The Morgan fingerprint density at radius 3 is 2.61 bits per heavy atom. The molecule has 7 nitrogen and oxygen atoms in total. The number of aryl methyl sites for hydroxylation is 1. The van der Waals surface area contributed by atoms with Gasteiger partial charge in [-0.1, -0.05) is 0 Å². The maximum atomic E-state index is 13.3. The van der Waals surface area contributed by atoms with E-state index >= 15 is 0 Å². The van der Waals surface area contributed by atoms with Gasteiger partial charge in [0.05, 0.1) is 11.6 Å². The Bertz CT molecular complexity index is 1000. The fourth-order valence-electron chi connectivity index (χ4n) is 5.47. The van der Waals surface area contributed by atoms with Crippen molar-refractivity contribution >= 4 is 23.2 Å². The minimum absolute atomic E-state index is 0.0239. The second-order valence-corrected chi connectivity index (χ2v) is 11.8. The maximum absolute atomic E-state index is 13.3. The molecule has 1 unspecified atom stereocenters. The lowest BCUT2D eigenvalue weighted by Gasteiger charge is -2.47. The maximum Gasteiger partial charge on any atom is 0.265 e. The van der Waals surface area contributed by atoms with Gasteiger partial charge in [0, 0.05) is 48.2 Å². The molecule has 2 amide bonds. The summed E-state index contributed by atoms with van der Waals surface area (Å²) in [5, 5.41) is 7.76. The number of aromatic nitrogens is 2. The van der Waals surface area contributed by atoms with Crippen molar-refractivity contribution in [3.05, 3.63) is 35.1 Å². The Balaban J connectivity index is 1.42. The first kappa shape index (κ1) is 23.8. The molecule has 2 aromatic rings. The summed E-state index contributed by atoms with van der Waals surface area (Å²) in [6, 6.07) is 3.96. The van der Waals surface area contributed by atoms with E-state index in [0.29, 0.717) is 18.0 Å². The molecule has 2 N–H and O–H groups in total. The number of pyridine rings is 1. The lowest BCUT2D eigenvalue weighted by Crippen LogP contribution is -2.62. The minimum atomic E-state index is -0.171. The molecule has 2 aliphatic rings. The van der Waals surface area contributed by atoms with Gasteiger partial charge in [0.25, 0.3) is 5.91 Å². The van der Waals surface area contributed by atoms with Gasteiger partial charge in [0.15, 0.2) is 0 Å². The van der Waals surface area contributed by atoms with Gasteiger partial charge >= 0.3 is 0 Å². The van der Waals surface area contributed by atoms with Crippen LogP contribution in [0.25, 0.3) is 10.6 Å². The topological polar surface area (TPSA) is 87.2 Å². The third-order valence-electron chi connectivity index (χ3n) is 6.52. The molecule has 2 fully saturated rings. The summed E-state index contributed by atoms with van der Waals surface area (Å²) in [5.41, 5.74) is 1.59. The zero-order valence-electron chi connectivity index (χ0n) is 20.3. The van der Waals surface area contributed by atoms with Crippen LogP contribution in [0.2, 0.25) is 0 Å². The molecule has 178 valence electrons. The Morgan fingerprint density at radius 2 is 1.94 bits per heavy atom. The highest BCUT2D eigenvalue weighted by atomic mass is 32.1. The van der Waals surface area contributed by atoms with Crippen molar-refractivity contribution in [1.82, 2.24) is 25.5 Å². The molecular formula is C25H35N5O2S. The second-order valence-electron chi connectivity index (χ2n) is 10.8. The number of nitrogens with one attached hydrogen (secondary N) is 2. The number of nitrogens with zero attached hydrogens (tertiary/aromatic N) is 3. The molecule has 2 aliphatic heterocycles. The van der Waals surface area contributed by atoms with Crippen LogP contribution in [-0.2, 0) is 4.79 Å². The molecule has 4 heterocycles. The molecule has 1 atom stereocenters. The SMILES string of the molecule is Cc1nc(-c2cccnc2)sc1C(=O)N1CCCC(C(=O)NC2CC(C)(C)NC(C)(C)C2)C1. The van der Waals surface area contributed by atoms with Gasteiger partial charge in [0.2, 0.25) is 5.91 Å². The summed E-state index contributed by atoms with van der Waals surface area (Å²) in [6.45, 7) is 11.8. The first-order chi connectivity index (χ1) is 15.5. The fourth-order valence-corrected chi connectivity index (χ4v) is 6.49. The van der Waals surface area contributed by atoms with Crippen LogP contribution < -0.4 is 10.6 Å². The summed E-state index contributed by atoms with van der Waals surface area (Å²) in [4.78, 5) is 37.7. The molecule has 4 rings (SSSR count). The third-order valence-corrected chi connectivity index (χ3v) is 7.71. The van der Waals surface area contributed by atoms with Gasteiger partial charge in [-0.25, -0.2) is 4.98 Å². The zero-order valence-corrected chi connectivity index (χ0v) is 21.1. The van der Waals surface area contributed by atoms with Crippen LogP contribution in [-0.4, -0.2) is 56.9 Å². The molecule has 0 aliphatic carbocycles. The first-order valence-electron chi connectivity index (χ1n) is 11.8. The smallest absolute Gasteiger partial charge is 0.265 e. The van der Waals surface area contributed by atoms with Gasteiger partial charge in [0.1, 0.15) is 9.88 Å². The van der Waals surface area contributed by atoms with E-state index in [1.54, 1.807) is 12.4 Å². The molecule has 2 saturated heterocycles. The zero-order chi connectivity index (χ0) is 23.8. The summed E-state index contributed by atoms with van der Waals surface area (Å²) in [5.74, 6) is -0.125. The average Bonchev–Trinajstić information content (AvgIpc) is 3.13. The quantitative estimate of drug-likeness (QED) is 0.711. The largest absolute Gasteiger partial charge is 0.353 e. The number of carbonyl (C=O) groups is 2. The third kappa shape index (κ3) is 5.61. The molecule has 0 aromatic carbocycles. The second kappa shape index (κ2) is 9.14. The van der Waals surface area contributed by atoms with Gasteiger partial charge in [-0.15, -0.1) is 11.3 Å². The number of thiazole rings is 1. The number of rotatable bonds is 4. The first-order valence-corrected chi connectivity index (χ1v) is 12.6. The van der Waals surface area contributed by atoms with Crippen LogP contribution in [0, 0.1) is 12.8 Å². The fraction of sp³-hybridized carbons (Fsp3) is 0.600. The summed E-state index contributed by atoms with van der Waals surface area (Å²) in [6.07, 6.45) is 6.93. The van der Waals surface area contributed by atoms with E-state index in [0.717, 1.165) is 41.9 Å². The lowest BCUT2D eigenvalue weighted by molar-refractivity contribution is -0.127. The number of amides is 2. The predicted octanol–water partition coefficient (Wildman–Crippen LogP) is 3.79. The van der Waals surface area contributed by atoms with Crippen LogP contribution in [0.15, 0.2) is 24.5 Å². The molecular weight excluding hydrogens is 434 g/mol. The molecule has 0 bridgehead atoms. The van der Waals surface area contributed by atoms with E-state index in [4.69, 9.17) is 0 Å². The van der Waals surface area contributed by atoms with E-state index in [1.165, 1.54) is 11.3 Å². The van der Waals surface area contributed by atoms with Crippen LogP contribution in [0.4, 0.5) is 0 Å². The number of hydrogen-bond donors (Lipinski definition) is 2. The molecule has 0 spiro atoms. The van der Waals surface area contributed by atoms with E-state index in [1.807, 2.05) is 24.0 Å². The highest BCUT2D eigenvalue weighted by Gasteiger charge is 2.39. The summed E-state index contributed by atoms with van der Waals surface area (Å²) < 4.78 is 0. The summed E-state index contributed by atoms with van der Waals surface area (Å²) >= 11 is 1.40. The number of likely N-dealkylation sites (tertiary alicyclic amines) is 1. The normalized spacial score (nSPS) is 22.7. The lowest BCUT2D eigenvalue weighted by atomic mass is 9.79. The Kier molecular flexibility index (Phi) is 6.60. The van der Waals surface area contributed by atoms with Crippen molar-refractivity contribution in [2.45, 2.75) is 77.4 Å². The number of carbonyl (C=O) groups excluding carboxylic acids is 2. The van der Waals surface area contributed by atoms with E-state index < -0.39 is 0 Å². The van der Waals surface area contributed by atoms with Crippen molar-refractivity contribution in [1.29, 1.82) is 0 Å². The van der Waals surface area contributed by atoms with Crippen molar-refractivity contribution in [3.63, 3.8) is 0 Å². The van der Waals surface area contributed by atoms with Gasteiger partial charge < -0.3 is 15.5 Å². The van der Waals surface area contributed by atoms with E-state index in [-0.39, 0.29) is 34.9 Å². The Hall–Kier alpha value is -2.32. The van der Waals surface area contributed by atoms with Crippen molar-refractivity contribution in [2.24, 2.45) is 5.92 Å². The summed E-state index contributed by atoms with van der Waals surface area (Å²) in [7, 11) is 0. The highest BCUT2D eigenvalue weighted by molar-refractivity contribution is 7.17. The Labute approximate surface area is 200 Å². The van der Waals surface area contributed by atoms with Crippen molar-refractivity contribution < 1.29 is 9.59 Å². The van der Waals surface area contributed by atoms with Crippen LogP contribution in [0.5, 0.6) is 0 Å². The predicted molar refractivity (Wildman–Crippen MR) is 131 cm³/mol. The van der Waals surface area contributed by atoms with Crippen LogP contribution in [0.1, 0.15) is 68.7 Å². The van der Waals surface area contributed by atoms with E-state index in [2.05, 4.69) is 48.3 Å². The van der Waals surface area contributed by atoms with Crippen LogP contribution in [0.3, 0.4) is 0 Å². The highest BCUT2D eigenvalue weighted by Crippen LogP contribution is 2.31.